The number of unbranched alkanes of at least 4 members (excludes halogenated alkanes) is 1. The van der Waals surface area contributed by atoms with Gasteiger partial charge in [-0.2, -0.15) is 5.26 Å². The summed E-state index contributed by atoms with van der Waals surface area (Å²) < 4.78 is 0. The first kappa shape index (κ1) is 17.1. The van der Waals surface area contributed by atoms with E-state index < -0.39 is 0 Å². The SMILES string of the molecule is N#Cc1ccc2[nH]cc(CCCCC3CC(c4cccs4)=CCN3)c2c1. The first-order chi connectivity index (χ1) is 12.8. The molecule has 1 aliphatic heterocycles. The van der Waals surface area contributed by atoms with Crippen LogP contribution in [0.2, 0.25) is 0 Å². The van der Waals surface area contributed by atoms with Crippen LogP contribution in [0, 0.1) is 11.3 Å². The second-order valence-corrected chi connectivity index (χ2v) is 7.90. The molecule has 132 valence electrons. The van der Waals surface area contributed by atoms with Gasteiger partial charge >= 0.3 is 0 Å². The van der Waals surface area contributed by atoms with Gasteiger partial charge in [-0.15, -0.1) is 11.3 Å². The molecule has 4 rings (SSSR count). The van der Waals surface area contributed by atoms with Crippen molar-refractivity contribution in [3.63, 3.8) is 0 Å². The molecule has 0 aliphatic carbocycles. The highest BCUT2D eigenvalue weighted by molar-refractivity contribution is 7.11. The lowest BCUT2D eigenvalue weighted by molar-refractivity contribution is 0.477. The van der Waals surface area contributed by atoms with Crippen molar-refractivity contribution in [3.05, 3.63) is 64.0 Å². The minimum atomic E-state index is 0.588. The van der Waals surface area contributed by atoms with Gasteiger partial charge in [0, 0.05) is 34.6 Å². The Morgan fingerprint density at radius 2 is 2.19 bits per heavy atom. The number of hydrogen-bond acceptors (Lipinski definition) is 3. The van der Waals surface area contributed by atoms with Crippen LogP contribution in [0.1, 0.15) is 41.7 Å². The molecule has 1 unspecified atom stereocenters. The Morgan fingerprint density at radius 3 is 3.04 bits per heavy atom. The minimum absolute atomic E-state index is 0.588. The van der Waals surface area contributed by atoms with E-state index in [1.54, 1.807) is 0 Å². The van der Waals surface area contributed by atoms with Gasteiger partial charge in [0.15, 0.2) is 0 Å². The molecule has 2 N–H and O–H groups in total. The molecule has 3 aromatic rings. The quantitative estimate of drug-likeness (QED) is 0.588. The number of fused-ring (bicyclic) bond motifs is 1. The van der Waals surface area contributed by atoms with Gasteiger partial charge in [-0.05, 0) is 66.5 Å². The normalized spacial score (nSPS) is 17.2. The molecule has 0 saturated heterocycles. The number of aromatic nitrogens is 1. The van der Waals surface area contributed by atoms with Gasteiger partial charge in [0.05, 0.1) is 11.6 Å². The van der Waals surface area contributed by atoms with Crippen LogP contribution in [0.5, 0.6) is 0 Å². The van der Waals surface area contributed by atoms with Gasteiger partial charge in [0.25, 0.3) is 0 Å². The highest BCUT2D eigenvalue weighted by Crippen LogP contribution is 2.28. The predicted octanol–water partition coefficient (Wildman–Crippen LogP) is 5.26. The van der Waals surface area contributed by atoms with Gasteiger partial charge in [0.1, 0.15) is 0 Å². The van der Waals surface area contributed by atoms with E-state index in [-0.39, 0.29) is 0 Å². The van der Waals surface area contributed by atoms with Crippen LogP contribution in [0.25, 0.3) is 16.5 Å². The maximum atomic E-state index is 9.10. The summed E-state index contributed by atoms with van der Waals surface area (Å²) in [5, 5.41) is 16.1. The first-order valence-corrected chi connectivity index (χ1v) is 10.2. The number of thiophene rings is 1. The largest absolute Gasteiger partial charge is 0.361 e. The topological polar surface area (TPSA) is 51.6 Å². The van der Waals surface area contributed by atoms with Crippen LogP contribution >= 0.6 is 11.3 Å². The summed E-state index contributed by atoms with van der Waals surface area (Å²) in [4.78, 5) is 4.74. The molecular formula is C22H23N3S. The molecule has 0 spiro atoms. The number of hydrogen-bond donors (Lipinski definition) is 2. The third-order valence-electron chi connectivity index (χ3n) is 5.20. The molecule has 0 fully saturated rings. The fraction of sp³-hybridized carbons (Fsp3) is 0.318. The van der Waals surface area contributed by atoms with E-state index >= 15 is 0 Å². The molecular weight excluding hydrogens is 338 g/mol. The Morgan fingerprint density at radius 1 is 1.23 bits per heavy atom. The highest BCUT2D eigenvalue weighted by Gasteiger charge is 2.16. The van der Waals surface area contributed by atoms with Crippen LogP contribution < -0.4 is 5.32 Å². The third-order valence-corrected chi connectivity index (χ3v) is 6.15. The predicted molar refractivity (Wildman–Crippen MR) is 109 cm³/mol. The zero-order valence-electron chi connectivity index (χ0n) is 14.8. The Hall–Kier alpha value is -2.35. The first-order valence-electron chi connectivity index (χ1n) is 9.30. The number of aryl methyl sites for hydroxylation is 1. The van der Waals surface area contributed by atoms with Gasteiger partial charge in [0.2, 0.25) is 0 Å². The van der Waals surface area contributed by atoms with E-state index in [9.17, 15) is 0 Å². The number of nitrogens with zero attached hydrogens (tertiary/aromatic N) is 1. The van der Waals surface area contributed by atoms with E-state index in [1.165, 1.54) is 40.7 Å². The second-order valence-electron chi connectivity index (χ2n) is 6.95. The van der Waals surface area contributed by atoms with Crippen LogP contribution in [0.15, 0.2) is 48.0 Å². The maximum absolute atomic E-state index is 9.10. The summed E-state index contributed by atoms with van der Waals surface area (Å²) in [6, 6.07) is 13.1. The van der Waals surface area contributed by atoms with Crippen molar-refractivity contribution < 1.29 is 0 Å². The van der Waals surface area contributed by atoms with E-state index in [0.29, 0.717) is 6.04 Å². The molecule has 3 nitrogen and oxygen atoms in total. The monoisotopic (exact) mass is 361 g/mol. The van der Waals surface area contributed by atoms with Gasteiger partial charge in [-0.25, -0.2) is 0 Å². The van der Waals surface area contributed by atoms with E-state index in [0.717, 1.165) is 30.5 Å². The van der Waals surface area contributed by atoms with Crippen LogP contribution in [0.4, 0.5) is 0 Å². The molecule has 4 heteroatoms. The van der Waals surface area contributed by atoms with Gasteiger partial charge < -0.3 is 10.3 Å². The lowest BCUT2D eigenvalue weighted by Gasteiger charge is -2.24. The van der Waals surface area contributed by atoms with Crippen LogP contribution in [-0.2, 0) is 6.42 Å². The van der Waals surface area contributed by atoms with Gasteiger partial charge in [-0.3, -0.25) is 0 Å². The number of rotatable bonds is 6. The third kappa shape index (κ3) is 3.75. The Labute approximate surface area is 158 Å². The van der Waals surface area contributed by atoms with Crippen LogP contribution in [0.3, 0.4) is 0 Å². The van der Waals surface area contributed by atoms with E-state index in [2.05, 4.69) is 46.2 Å². The summed E-state index contributed by atoms with van der Waals surface area (Å²) in [6.45, 7) is 0.983. The van der Waals surface area contributed by atoms with Crippen molar-refractivity contribution in [1.82, 2.24) is 10.3 Å². The van der Waals surface area contributed by atoms with E-state index in [1.807, 2.05) is 29.5 Å². The number of nitrogens with one attached hydrogen (secondary N) is 2. The summed E-state index contributed by atoms with van der Waals surface area (Å²) in [6.07, 6.45) is 10.3. The summed E-state index contributed by atoms with van der Waals surface area (Å²) in [5.74, 6) is 0. The minimum Gasteiger partial charge on any atom is -0.361 e. The van der Waals surface area contributed by atoms with Crippen molar-refractivity contribution in [3.8, 4) is 6.07 Å². The molecule has 1 aliphatic rings. The fourth-order valence-electron chi connectivity index (χ4n) is 3.80. The van der Waals surface area contributed by atoms with Crippen molar-refractivity contribution in [2.24, 2.45) is 0 Å². The zero-order valence-corrected chi connectivity index (χ0v) is 15.6. The van der Waals surface area contributed by atoms with E-state index in [4.69, 9.17) is 5.26 Å². The molecule has 1 aromatic carbocycles. The molecule has 26 heavy (non-hydrogen) atoms. The van der Waals surface area contributed by atoms with Gasteiger partial charge in [-0.1, -0.05) is 18.6 Å². The number of H-pyrrole nitrogens is 1. The molecule has 2 aromatic heterocycles. The fourth-order valence-corrected chi connectivity index (χ4v) is 4.58. The average Bonchev–Trinajstić information content (AvgIpc) is 3.35. The molecule has 0 bridgehead atoms. The summed E-state index contributed by atoms with van der Waals surface area (Å²) in [5.41, 5.74) is 4.69. The van der Waals surface area contributed by atoms with Crippen molar-refractivity contribution in [2.45, 2.75) is 38.1 Å². The highest BCUT2D eigenvalue weighted by atomic mass is 32.1. The molecule has 3 heterocycles. The molecule has 1 atom stereocenters. The Balaban J connectivity index is 1.29. The molecule has 0 saturated carbocycles. The number of benzene rings is 1. The Kier molecular flexibility index (Phi) is 5.19. The summed E-state index contributed by atoms with van der Waals surface area (Å²) in [7, 11) is 0. The van der Waals surface area contributed by atoms with Crippen molar-refractivity contribution in [1.29, 1.82) is 5.26 Å². The lowest BCUT2D eigenvalue weighted by atomic mass is 9.95. The maximum Gasteiger partial charge on any atom is 0.0991 e. The van der Waals surface area contributed by atoms with Crippen LogP contribution in [-0.4, -0.2) is 17.6 Å². The average molecular weight is 362 g/mol. The van der Waals surface area contributed by atoms with Crippen molar-refractivity contribution in [2.75, 3.05) is 6.54 Å². The number of aromatic amines is 1. The summed E-state index contributed by atoms with van der Waals surface area (Å²) >= 11 is 1.84. The second kappa shape index (κ2) is 7.90. The Bertz CT molecular complexity index is 944. The zero-order chi connectivity index (χ0) is 17.8. The van der Waals surface area contributed by atoms with Crippen molar-refractivity contribution >= 4 is 27.8 Å². The smallest absolute Gasteiger partial charge is 0.0991 e. The lowest BCUT2D eigenvalue weighted by Crippen LogP contribution is -2.32. The number of nitriles is 1. The molecule has 0 amide bonds. The standard InChI is InChI=1S/C22H23N3S/c23-14-16-7-8-21-20(12-16)18(15-25-21)4-1-2-5-19-13-17(9-10-24-19)22-6-3-11-26-22/h3,6-9,11-12,15,19,24-25H,1-2,4-5,10,13H2. The molecule has 0 radical (unpaired) electrons.